The van der Waals surface area contributed by atoms with Crippen LogP contribution in [0.15, 0.2) is 127 Å². The van der Waals surface area contributed by atoms with Gasteiger partial charge in [-0.1, -0.05) is 97.1 Å². The van der Waals surface area contributed by atoms with Crippen molar-refractivity contribution in [3.63, 3.8) is 0 Å². The quantitative estimate of drug-likeness (QED) is 0.210. The van der Waals surface area contributed by atoms with Gasteiger partial charge in [0.25, 0.3) is 0 Å². The Morgan fingerprint density at radius 1 is 0.860 bits per heavy atom. The molecule has 6 nitrogen and oxygen atoms in total. The summed E-state index contributed by atoms with van der Waals surface area (Å²) in [4.78, 5) is 16.3. The van der Waals surface area contributed by atoms with Crippen LogP contribution in [0.25, 0.3) is 6.08 Å². The smallest absolute Gasteiger partial charge is 0.242 e. The largest absolute Gasteiger partial charge is 0.497 e. The van der Waals surface area contributed by atoms with E-state index in [1.165, 1.54) is 22.5 Å². The fraction of sp³-hybridized carbons (Fsp3) is 0.171. The van der Waals surface area contributed by atoms with E-state index in [4.69, 9.17) is 4.74 Å². The first-order valence-corrected chi connectivity index (χ1v) is 15.5. The van der Waals surface area contributed by atoms with Gasteiger partial charge >= 0.3 is 0 Å². The van der Waals surface area contributed by atoms with Gasteiger partial charge in [-0.15, -0.1) is 0 Å². The minimum absolute atomic E-state index is 0.0156. The molecule has 1 heterocycles. The van der Waals surface area contributed by atoms with Crippen molar-refractivity contribution in [2.24, 2.45) is 0 Å². The molecular weight excluding hydrogens is 563 g/mol. The Kier molecular flexibility index (Phi) is 9.49. The minimum atomic E-state index is -4.03. The van der Waals surface area contributed by atoms with E-state index in [-0.39, 0.29) is 31.2 Å². The van der Waals surface area contributed by atoms with Crippen LogP contribution < -0.4 is 4.74 Å². The molecule has 1 unspecified atom stereocenters. The molecule has 1 aliphatic heterocycles. The van der Waals surface area contributed by atoms with Crippen molar-refractivity contribution in [2.75, 3.05) is 13.7 Å². The number of amides is 1. The number of hydrogen-bond donors (Lipinski definition) is 0. The van der Waals surface area contributed by atoms with E-state index in [2.05, 4.69) is 0 Å². The number of hydrogen-bond acceptors (Lipinski definition) is 4. The van der Waals surface area contributed by atoms with E-state index >= 15 is 0 Å². The molecule has 0 radical (unpaired) electrons. The first-order valence-electron chi connectivity index (χ1n) is 14.0. The van der Waals surface area contributed by atoms with E-state index in [0.717, 1.165) is 27.7 Å². The fourth-order valence-electron chi connectivity index (χ4n) is 5.15. The van der Waals surface area contributed by atoms with Gasteiger partial charge in [0.05, 0.1) is 13.2 Å². The standard InChI is InChI=1S/C35H33FN2O4S/c1-42-32-20-16-30(17-21-32)33-13-8-23-38(43(40,41)24-22-27-9-4-2-5-10-27)34(25-28-11-6-3-7-12-28)35(39)37(33)26-29-14-18-31(36)19-15-29/h2-22,24,33-34H,23,25-26H2,1H3/b13-8-,24-22+/t33?,34-/m0/s1. The number of ether oxygens (including phenoxy) is 1. The number of nitrogens with zero attached hydrogens (tertiary/aromatic N) is 2. The molecular formula is C35H33FN2O4S. The topological polar surface area (TPSA) is 66.9 Å². The summed E-state index contributed by atoms with van der Waals surface area (Å²) in [5.74, 6) is -0.0480. The average Bonchev–Trinajstić information content (AvgIpc) is 3.03. The maximum atomic E-state index is 14.7. The molecule has 1 aliphatic rings. The Morgan fingerprint density at radius 2 is 1.51 bits per heavy atom. The molecule has 0 saturated heterocycles. The number of benzene rings is 4. The highest BCUT2D eigenvalue weighted by Gasteiger charge is 2.39. The number of rotatable bonds is 9. The predicted molar refractivity (Wildman–Crippen MR) is 167 cm³/mol. The van der Waals surface area contributed by atoms with Crippen molar-refractivity contribution in [3.05, 3.63) is 155 Å². The van der Waals surface area contributed by atoms with Crippen LogP contribution in [0.4, 0.5) is 4.39 Å². The van der Waals surface area contributed by atoms with Gasteiger partial charge in [-0.3, -0.25) is 4.79 Å². The lowest BCUT2D eigenvalue weighted by Crippen LogP contribution is -2.53. The molecule has 0 N–H and O–H groups in total. The molecule has 220 valence electrons. The number of carbonyl (C=O) groups excluding carboxylic acids is 1. The van der Waals surface area contributed by atoms with Crippen LogP contribution in [-0.4, -0.2) is 43.2 Å². The highest BCUT2D eigenvalue weighted by molar-refractivity contribution is 7.92. The Balaban J connectivity index is 1.59. The van der Waals surface area contributed by atoms with Crippen molar-refractivity contribution in [3.8, 4) is 5.75 Å². The van der Waals surface area contributed by atoms with E-state index in [9.17, 15) is 17.6 Å². The molecule has 0 bridgehead atoms. The van der Waals surface area contributed by atoms with Gasteiger partial charge in [0.1, 0.15) is 17.6 Å². The molecule has 1 amide bonds. The van der Waals surface area contributed by atoms with Crippen molar-refractivity contribution in [1.82, 2.24) is 9.21 Å². The maximum absolute atomic E-state index is 14.7. The van der Waals surface area contributed by atoms with Gasteiger partial charge in [-0.05, 0) is 59.0 Å². The normalized spacial score (nSPS) is 18.7. The van der Waals surface area contributed by atoms with Crippen LogP contribution in [-0.2, 0) is 27.8 Å². The summed E-state index contributed by atoms with van der Waals surface area (Å²) in [5, 5.41) is 1.16. The fourth-order valence-corrected chi connectivity index (χ4v) is 6.44. The zero-order valence-electron chi connectivity index (χ0n) is 23.8. The van der Waals surface area contributed by atoms with Crippen LogP contribution in [0.3, 0.4) is 0 Å². The molecule has 0 saturated carbocycles. The first-order chi connectivity index (χ1) is 20.8. The second kappa shape index (κ2) is 13.6. The third-order valence-electron chi connectivity index (χ3n) is 7.41. The predicted octanol–water partition coefficient (Wildman–Crippen LogP) is 6.39. The molecule has 8 heteroatoms. The number of sulfonamides is 1. The minimum Gasteiger partial charge on any atom is -0.497 e. The molecule has 4 aromatic rings. The van der Waals surface area contributed by atoms with Crippen LogP contribution in [0.2, 0.25) is 0 Å². The number of halogens is 1. The van der Waals surface area contributed by atoms with Crippen LogP contribution >= 0.6 is 0 Å². The lowest BCUT2D eigenvalue weighted by molar-refractivity contribution is -0.137. The van der Waals surface area contributed by atoms with E-state index in [1.807, 2.05) is 91.0 Å². The Labute approximate surface area is 252 Å². The monoisotopic (exact) mass is 596 g/mol. The van der Waals surface area contributed by atoms with Gasteiger partial charge in [0.15, 0.2) is 0 Å². The molecule has 0 fully saturated rings. The zero-order chi connectivity index (χ0) is 30.2. The third-order valence-corrected chi connectivity index (χ3v) is 8.95. The summed E-state index contributed by atoms with van der Waals surface area (Å²) in [6.45, 7) is 0.168. The van der Waals surface area contributed by atoms with E-state index in [0.29, 0.717) is 5.75 Å². The molecule has 0 aromatic heterocycles. The maximum Gasteiger partial charge on any atom is 0.242 e. The lowest BCUT2D eigenvalue weighted by Gasteiger charge is -2.38. The van der Waals surface area contributed by atoms with Gasteiger partial charge in [0, 0.05) is 18.5 Å². The van der Waals surface area contributed by atoms with E-state index in [1.54, 1.807) is 30.2 Å². The van der Waals surface area contributed by atoms with Gasteiger partial charge in [-0.2, -0.15) is 4.31 Å². The Morgan fingerprint density at radius 3 is 2.16 bits per heavy atom. The van der Waals surface area contributed by atoms with Crippen LogP contribution in [0.5, 0.6) is 5.75 Å². The van der Waals surface area contributed by atoms with Crippen molar-refractivity contribution < 1.29 is 22.3 Å². The SMILES string of the molecule is COc1ccc(C2/C=C\CN(S(=O)(=O)/C=C/c3ccccc3)[C@@H](Cc3ccccc3)C(=O)N2Cc2ccc(F)cc2)cc1. The summed E-state index contributed by atoms with van der Waals surface area (Å²) in [6, 6.07) is 30.5. The van der Waals surface area contributed by atoms with Crippen LogP contribution in [0, 0.1) is 5.82 Å². The van der Waals surface area contributed by atoms with Gasteiger partial charge in [-0.25, -0.2) is 12.8 Å². The van der Waals surface area contributed by atoms with Crippen molar-refractivity contribution >= 4 is 22.0 Å². The highest BCUT2D eigenvalue weighted by atomic mass is 32.2. The third kappa shape index (κ3) is 7.46. The Bertz CT molecular complexity index is 1670. The molecule has 0 spiro atoms. The first kappa shape index (κ1) is 29.9. The number of carbonyl (C=O) groups is 1. The molecule has 43 heavy (non-hydrogen) atoms. The average molecular weight is 597 g/mol. The van der Waals surface area contributed by atoms with E-state index < -0.39 is 22.1 Å². The van der Waals surface area contributed by atoms with Crippen LogP contribution in [0.1, 0.15) is 28.3 Å². The van der Waals surface area contributed by atoms with Gasteiger partial charge in [0.2, 0.25) is 15.9 Å². The summed E-state index contributed by atoms with van der Waals surface area (Å²) < 4.78 is 48.1. The molecule has 5 rings (SSSR count). The van der Waals surface area contributed by atoms with Crippen molar-refractivity contribution in [2.45, 2.75) is 25.0 Å². The van der Waals surface area contributed by atoms with Gasteiger partial charge < -0.3 is 9.64 Å². The summed E-state index contributed by atoms with van der Waals surface area (Å²) >= 11 is 0. The zero-order valence-corrected chi connectivity index (χ0v) is 24.6. The molecule has 0 aliphatic carbocycles. The lowest BCUT2D eigenvalue weighted by atomic mass is 9.98. The summed E-state index contributed by atoms with van der Waals surface area (Å²) in [6.07, 6.45) is 5.37. The second-order valence-corrected chi connectivity index (χ2v) is 12.0. The summed E-state index contributed by atoms with van der Waals surface area (Å²) in [5.41, 5.74) is 3.13. The highest BCUT2D eigenvalue weighted by Crippen LogP contribution is 2.31. The van der Waals surface area contributed by atoms with Crippen molar-refractivity contribution in [1.29, 1.82) is 0 Å². The summed E-state index contributed by atoms with van der Waals surface area (Å²) in [7, 11) is -2.44. The number of methoxy groups -OCH3 is 1. The molecule has 4 aromatic carbocycles. The Hall–Kier alpha value is -4.53. The second-order valence-electron chi connectivity index (χ2n) is 10.3. The molecule has 2 atom stereocenters.